The molecule has 25 heavy (non-hydrogen) atoms. The van der Waals surface area contributed by atoms with Crippen molar-refractivity contribution >= 4 is 11.9 Å². The molecule has 2 heterocycles. The summed E-state index contributed by atoms with van der Waals surface area (Å²) in [5.41, 5.74) is 1.33. The molecule has 0 N–H and O–H groups in total. The number of rotatable bonds is 1. The average Bonchev–Trinajstić information content (AvgIpc) is 2.54. The maximum Gasteiger partial charge on any atom is 0.409 e. The van der Waals surface area contributed by atoms with Crippen LogP contribution in [0.5, 0.6) is 5.75 Å². The minimum atomic E-state index is -0.490. The number of carbonyl (C=O) groups is 2. The molecular weight excluding hydrogens is 318 g/mol. The van der Waals surface area contributed by atoms with E-state index in [0.717, 1.165) is 5.56 Å². The molecule has 0 radical (unpaired) electrons. The SMILES string of the molecule is CCOC(=O)N1CCC2(CC1)CC(=O)c1cc(C(C)(C)C)ccc1O2. The quantitative estimate of drug-likeness (QED) is 0.773. The fourth-order valence-corrected chi connectivity index (χ4v) is 3.55. The van der Waals surface area contributed by atoms with Crippen LogP contribution in [0.15, 0.2) is 18.2 Å². The Morgan fingerprint density at radius 3 is 2.56 bits per heavy atom. The van der Waals surface area contributed by atoms with Gasteiger partial charge in [-0.2, -0.15) is 0 Å². The number of ether oxygens (including phenoxy) is 2. The molecule has 0 atom stereocenters. The largest absolute Gasteiger partial charge is 0.486 e. The molecule has 5 nitrogen and oxygen atoms in total. The van der Waals surface area contributed by atoms with E-state index in [9.17, 15) is 9.59 Å². The van der Waals surface area contributed by atoms with Crippen molar-refractivity contribution in [1.82, 2.24) is 4.90 Å². The molecule has 1 spiro atoms. The zero-order valence-corrected chi connectivity index (χ0v) is 15.6. The van der Waals surface area contributed by atoms with E-state index in [2.05, 4.69) is 20.8 Å². The Morgan fingerprint density at radius 1 is 1.28 bits per heavy atom. The number of hydrogen-bond acceptors (Lipinski definition) is 4. The van der Waals surface area contributed by atoms with Crippen molar-refractivity contribution in [2.24, 2.45) is 0 Å². The lowest BCUT2D eigenvalue weighted by Gasteiger charge is -2.43. The number of fused-ring (bicyclic) bond motifs is 1. The van der Waals surface area contributed by atoms with Gasteiger partial charge in [0.25, 0.3) is 0 Å². The van der Waals surface area contributed by atoms with E-state index in [4.69, 9.17) is 9.47 Å². The maximum absolute atomic E-state index is 12.8. The van der Waals surface area contributed by atoms with Gasteiger partial charge in [-0.15, -0.1) is 0 Å². The molecule has 1 amide bonds. The van der Waals surface area contributed by atoms with Gasteiger partial charge >= 0.3 is 6.09 Å². The molecule has 1 fully saturated rings. The van der Waals surface area contributed by atoms with Crippen LogP contribution in [0.2, 0.25) is 0 Å². The Morgan fingerprint density at radius 2 is 1.96 bits per heavy atom. The lowest BCUT2D eigenvalue weighted by molar-refractivity contribution is -0.00862. The summed E-state index contributed by atoms with van der Waals surface area (Å²) in [7, 11) is 0. The van der Waals surface area contributed by atoms with E-state index in [1.54, 1.807) is 11.8 Å². The summed E-state index contributed by atoms with van der Waals surface area (Å²) in [6.45, 7) is 9.69. The van der Waals surface area contributed by atoms with Gasteiger partial charge in [-0.1, -0.05) is 26.8 Å². The third-order valence-corrected chi connectivity index (χ3v) is 5.16. The van der Waals surface area contributed by atoms with Crippen LogP contribution in [-0.4, -0.2) is 42.1 Å². The van der Waals surface area contributed by atoms with E-state index in [-0.39, 0.29) is 17.3 Å². The summed E-state index contributed by atoms with van der Waals surface area (Å²) in [4.78, 5) is 26.3. The Bertz CT molecular complexity index is 681. The highest BCUT2D eigenvalue weighted by Gasteiger charge is 2.44. The standard InChI is InChI=1S/C20H27NO4/c1-5-24-18(23)21-10-8-20(9-11-21)13-16(22)15-12-14(19(2,3)4)6-7-17(15)25-20/h6-7,12H,5,8-11,13H2,1-4H3. The average molecular weight is 345 g/mol. The lowest BCUT2D eigenvalue weighted by atomic mass is 9.80. The second-order valence-electron chi connectivity index (χ2n) is 8.03. The number of amides is 1. The first kappa shape index (κ1) is 17.8. The summed E-state index contributed by atoms with van der Waals surface area (Å²) in [6, 6.07) is 5.93. The number of ketones is 1. The number of likely N-dealkylation sites (tertiary alicyclic amines) is 1. The van der Waals surface area contributed by atoms with Gasteiger partial charge in [0, 0.05) is 25.9 Å². The molecule has 2 aliphatic heterocycles. The summed E-state index contributed by atoms with van der Waals surface area (Å²) >= 11 is 0. The van der Waals surface area contributed by atoms with Crippen LogP contribution in [0.3, 0.4) is 0 Å². The smallest absolute Gasteiger partial charge is 0.409 e. The van der Waals surface area contributed by atoms with Crippen molar-refractivity contribution in [3.63, 3.8) is 0 Å². The molecular formula is C20H27NO4. The predicted octanol–water partition coefficient (Wildman–Crippen LogP) is 3.94. The summed E-state index contributed by atoms with van der Waals surface area (Å²) < 4.78 is 11.3. The minimum Gasteiger partial charge on any atom is -0.486 e. The van der Waals surface area contributed by atoms with Crippen LogP contribution in [-0.2, 0) is 10.2 Å². The van der Waals surface area contributed by atoms with Gasteiger partial charge < -0.3 is 14.4 Å². The molecule has 0 aliphatic carbocycles. The number of hydrogen-bond donors (Lipinski definition) is 0. The van der Waals surface area contributed by atoms with Crippen molar-refractivity contribution in [3.8, 4) is 5.75 Å². The zero-order valence-electron chi connectivity index (χ0n) is 15.6. The van der Waals surface area contributed by atoms with E-state index < -0.39 is 5.60 Å². The highest BCUT2D eigenvalue weighted by molar-refractivity contribution is 6.00. The molecule has 2 aliphatic rings. The van der Waals surface area contributed by atoms with Gasteiger partial charge in [0.2, 0.25) is 0 Å². The van der Waals surface area contributed by atoms with E-state index in [1.165, 1.54) is 0 Å². The normalized spacial score (nSPS) is 19.4. The molecule has 1 saturated heterocycles. The molecule has 3 rings (SSSR count). The van der Waals surface area contributed by atoms with Crippen LogP contribution < -0.4 is 4.74 Å². The zero-order chi connectivity index (χ0) is 18.2. The third kappa shape index (κ3) is 3.51. The highest BCUT2D eigenvalue weighted by atomic mass is 16.6. The number of carbonyl (C=O) groups excluding carboxylic acids is 2. The first-order chi connectivity index (χ1) is 11.7. The van der Waals surface area contributed by atoms with Crippen molar-refractivity contribution in [1.29, 1.82) is 0 Å². The molecule has 1 aromatic rings. The fraction of sp³-hybridized carbons (Fsp3) is 0.600. The second-order valence-corrected chi connectivity index (χ2v) is 8.03. The first-order valence-corrected chi connectivity index (χ1v) is 9.02. The van der Waals surface area contributed by atoms with Crippen LogP contribution in [0.4, 0.5) is 4.79 Å². The number of nitrogens with zero attached hydrogens (tertiary/aromatic N) is 1. The van der Waals surface area contributed by atoms with Gasteiger partial charge in [0.1, 0.15) is 11.4 Å². The molecule has 1 aromatic carbocycles. The molecule has 0 aromatic heterocycles. The molecule has 5 heteroatoms. The fourth-order valence-electron chi connectivity index (χ4n) is 3.55. The molecule has 0 saturated carbocycles. The van der Waals surface area contributed by atoms with Crippen molar-refractivity contribution < 1.29 is 19.1 Å². The van der Waals surface area contributed by atoms with Crippen LogP contribution in [0.1, 0.15) is 62.9 Å². The Labute approximate surface area is 149 Å². The van der Waals surface area contributed by atoms with Crippen LogP contribution in [0, 0.1) is 0 Å². The van der Waals surface area contributed by atoms with Gasteiger partial charge in [-0.25, -0.2) is 4.79 Å². The first-order valence-electron chi connectivity index (χ1n) is 9.02. The maximum atomic E-state index is 12.8. The molecule has 0 unspecified atom stereocenters. The van der Waals surface area contributed by atoms with Gasteiger partial charge in [0.05, 0.1) is 18.6 Å². The summed E-state index contributed by atoms with van der Waals surface area (Å²) in [6.07, 6.45) is 1.40. The van der Waals surface area contributed by atoms with Crippen LogP contribution in [0.25, 0.3) is 0 Å². The predicted molar refractivity (Wildman–Crippen MR) is 95.3 cm³/mol. The van der Waals surface area contributed by atoms with Crippen LogP contribution >= 0.6 is 0 Å². The monoisotopic (exact) mass is 345 g/mol. The Kier molecular flexibility index (Phi) is 4.52. The van der Waals surface area contributed by atoms with Gasteiger partial charge in [0.15, 0.2) is 5.78 Å². The van der Waals surface area contributed by atoms with E-state index >= 15 is 0 Å². The van der Waals surface area contributed by atoms with Crippen molar-refractivity contribution in [2.45, 2.75) is 58.0 Å². The topological polar surface area (TPSA) is 55.8 Å². The van der Waals surface area contributed by atoms with Crippen molar-refractivity contribution in [2.75, 3.05) is 19.7 Å². The third-order valence-electron chi connectivity index (χ3n) is 5.16. The number of Topliss-reactive ketones (excluding diaryl/α,β-unsaturated/α-hetero) is 1. The molecule has 0 bridgehead atoms. The van der Waals surface area contributed by atoms with Gasteiger partial charge in [-0.3, -0.25) is 4.79 Å². The second kappa shape index (κ2) is 6.36. The lowest BCUT2D eigenvalue weighted by Crippen LogP contribution is -2.52. The number of benzene rings is 1. The molecule has 136 valence electrons. The summed E-state index contributed by atoms with van der Waals surface area (Å²) in [5.74, 6) is 0.811. The van der Waals surface area contributed by atoms with E-state index in [0.29, 0.717) is 50.3 Å². The Balaban J connectivity index is 1.76. The number of piperidine rings is 1. The van der Waals surface area contributed by atoms with Gasteiger partial charge in [-0.05, 0) is 30.0 Å². The van der Waals surface area contributed by atoms with Crippen molar-refractivity contribution in [3.05, 3.63) is 29.3 Å². The Hall–Kier alpha value is -2.04. The summed E-state index contributed by atoms with van der Waals surface area (Å²) in [5, 5.41) is 0. The van der Waals surface area contributed by atoms with E-state index in [1.807, 2.05) is 18.2 Å². The highest BCUT2D eigenvalue weighted by Crippen LogP contribution is 2.40. The minimum absolute atomic E-state index is 0.00454.